The highest BCUT2D eigenvalue weighted by molar-refractivity contribution is 7.90. The molecule has 2 rings (SSSR count). The third-order valence-electron chi connectivity index (χ3n) is 4.54. The van der Waals surface area contributed by atoms with Gasteiger partial charge in [0.15, 0.2) is 0 Å². The number of carbonyl (C=O) groups excluding carboxylic acids is 2. The van der Waals surface area contributed by atoms with Crippen LogP contribution in [0.25, 0.3) is 0 Å². The molecule has 0 atom stereocenters. The van der Waals surface area contributed by atoms with Crippen molar-refractivity contribution in [2.45, 2.75) is 49.8 Å². The van der Waals surface area contributed by atoms with Crippen LogP contribution in [-0.4, -0.2) is 31.9 Å². The average molecular weight is 392 g/mol. The van der Waals surface area contributed by atoms with E-state index in [9.17, 15) is 18.0 Å². The molecule has 1 fully saturated rings. The molecule has 146 valence electrons. The summed E-state index contributed by atoms with van der Waals surface area (Å²) in [5, 5.41) is 9.75. The summed E-state index contributed by atoms with van der Waals surface area (Å²) in [4.78, 5) is 24.3. The molecule has 0 aliphatic heterocycles. The van der Waals surface area contributed by atoms with E-state index in [0.29, 0.717) is 12.3 Å². The number of nitriles is 1. The van der Waals surface area contributed by atoms with Crippen LogP contribution in [0.2, 0.25) is 0 Å². The fourth-order valence-corrected chi connectivity index (χ4v) is 4.05. The molecule has 0 bridgehead atoms. The average Bonchev–Trinajstić information content (AvgIpc) is 2.67. The lowest BCUT2D eigenvalue weighted by Gasteiger charge is -2.24. The van der Waals surface area contributed by atoms with Gasteiger partial charge in [-0.25, -0.2) is 28.4 Å². The third kappa shape index (κ3) is 6.57. The number of sulfonamides is 1. The SMILES string of the molecule is N#CCN(NC(=O)NS(=O)(=O)c1ccccc1)C(=O)CCC1CCCCC1. The first-order valence-corrected chi connectivity index (χ1v) is 10.5. The lowest BCUT2D eigenvalue weighted by Crippen LogP contribution is -2.51. The lowest BCUT2D eigenvalue weighted by molar-refractivity contribution is -0.133. The van der Waals surface area contributed by atoms with Gasteiger partial charge in [-0.05, 0) is 24.5 Å². The molecule has 1 aromatic rings. The molecule has 0 unspecified atom stereocenters. The van der Waals surface area contributed by atoms with Crippen molar-refractivity contribution < 1.29 is 18.0 Å². The number of nitrogens with zero attached hydrogens (tertiary/aromatic N) is 2. The van der Waals surface area contributed by atoms with Crippen molar-refractivity contribution in [3.8, 4) is 6.07 Å². The van der Waals surface area contributed by atoms with Crippen LogP contribution in [-0.2, 0) is 14.8 Å². The topological polar surface area (TPSA) is 119 Å². The van der Waals surface area contributed by atoms with Crippen molar-refractivity contribution in [2.24, 2.45) is 5.92 Å². The molecule has 27 heavy (non-hydrogen) atoms. The Balaban J connectivity index is 1.91. The Hall–Kier alpha value is -2.60. The number of rotatable bonds is 6. The molecule has 0 radical (unpaired) electrons. The van der Waals surface area contributed by atoms with Crippen molar-refractivity contribution in [3.63, 3.8) is 0 Å². The highest BCUT2D eigenvalue weighted by Crippen LogP contribution is 2.27. The van der Waals surface area contributed by atoms with Gasteiger partial charge in [0.05, 0.1) is 11.0 Å². The van der Waals surface area contributed by atoms with E-state index < -0.39 is 22.0 Å². The Morgan fingerprint density at radius 3 is 2.44 bits per heavy atom. The van der Waals surface area contributed by atoms with Crippen LogP contribution in [0.4, 0.5) is 4.79 Å². The van der Waals surface area contributed by atoms with Gasteiger partial charge >= 0.3 is 6.03 Å². The van der Waals surface area contributed by atoms with Gasteiger partial charge < -0.3 is 0 Å². The largest absolute Gasteiger partial charge is 0.347 e. The zero-order chi connectivity index (χ0) is 19.7. The number of urea groups is 1. The van der Waals surface area contributed by atoms with E-state index in [1.165, 1.54) is 43.5 Å². The van der Waals surface area contributed by atoms with Crippen LogP contribution in [0.3, 0.4) is 0 Å². The predicted octanol–water partition coefficient (Wildman–Crippen LogP) is 2.30. The molecule has 0 spiro atoms. The molecule has 1 aliphatic carbocycles. The van der Waals surface area contributed by atoms with Crippen LogP contribution in [0.5, 0.6) is 0 Å². The molecule has 3 amide bonds. The lowest BCUT2D eigenvalue weighted by atomic mass is 9.86. The van der Waals surface area contributed by atoms with Crippen LogP contribution < -0.4 is 10.1 Å². The van der Waals surface area contributed by atoms with E-state index >= 15 is 0 Å². The molecule has 1 aromatic carbocycles. The van der Waals surface area contributed by atoms with E-state index in [-0.39, 0.29) is 17.9 Å². The van der Waals surface area contributed by atoms with Gasteiger partial charge in [-0.3, -0.25) is 4.79 Å². The zero-order valence-electron chi connectivity index (χ0n) is 15.1. The fourth-order valence-electron chi connectivity index (χ4n) is 3.13. The number of hydrogen-bond donors (Lipinski definition) is 2. The monoisotopic (exact) mass is 392 g/mol. The van der Waals surface area contributed by atoms with Gasteiger partial charge in [0.1, 0.15) is 6.54 Å². The summed E-state index contributed by atoms with van der Waals surface area (Å²) in [5.41, 5.74) is 2.16. The standard InChI is InChI=1S/C18H24N4O4S/c19-13-14-22(17(23)12-11-15-7-3-1-4-8-15)20-18(24)21-27(25,26)16-9-5-2-6-10-16/h2,5-6,9-10,15H,1,3-4,7-8,11-12,14H2,(H2,20,21,24). The van der Waals surface area contributed by atoms with Gasteiger partial charge in [-0.1, -0.05) is 50.3 Å². The van der Waals surface area contributed by atoms with E-state index in [4.69, 9.17) is 5.26 Å². The van der Waals surface area contributed by atoms with E-state index in [1.54, 1.807) is 12.1 Å². The van der Waals surface area contributed by atoms with Crippen molar-refractivity contribution in [2.75, 3.05) is 6.54 Å². The van der Waals surface area contributed by atoms with Crippen molar-refractivity contribution in [3.05, 3.63) is 30.3 Å². The normalized spacial score (nSPS) is 14.8. The Kier molecular flexibility index (Phi) is 7.61. The second-order valence-corrected chi connectivity index (χ2v) is 8.22. The van der Waals surface area contributed by atoms with Crippen LogP contribution in [0.1, 0.15) is 44.9 Å². The highest BCUT2D eigenvalue weighted by Gasteiger charge is 2.22. The molecule has 0 heterocycles. The smallest absolute Gasteiger partial charge is 0.273 e. The molecule has 2 N–H and O–H groups in total. The molecule has 0 aromatic heterocycles. The first-order valence-electron chi connectivity index (χ1n) is 8.98. The maximum absolute atomic E-state index is 12.3. The summed E-state index contributed by atoms with van der Waals surface area (Å²) in [6, 6.07) is 8.12. The molecule has 0 saturated heterocycles. The molecular weight excluding hydrogens is 368 g/mol. The van der Waals surface area contributed by atoms with Crippen LogP contribution in [0.15, 0.2) is 35.2 Å². The van der Waals surface area contributed by atoms with Gasteiger partial charge in [-0.2, -0.15) is 5.26 Å². The molecule has 9 heteroatoms. The van der Waals surface area contributed by atoms with E-state index in [0.717, 1.165) is 17.9 Å². The molecule has 1 saturated carbocycles. The minimum Gasteiger partial charge on any atom is -0.273 e. The van der Waals surface area contributed by atoms with E-state index in [2.05, 4.69) is 5.43 Å². The molecule has 8 nitrogen and oxygen atoms in total. The number of hydrazine groups is 1. The molecular formula is C18H24N4O4S. The fraction of sp³-hybridized carbons (Fsp3) is 0.500. The summed E-state index contributed by atoms with van der Waals surface area (Å²) in [5.74, 6) is 0.0771. The van der Waals surface area contributed by atoms with Crippen LogP contribution in [0, 0.1) is 17.2 Å². The van der Waals surface area contributed by atoms with Crippen LogP contribution >= 0.6 is 0 Å². The van der Waals surface area contributed by atoms with Crippen molar-refractivity contribution in [1.82, 2.24) is 15.2 Å². The second-order valence-electron chi connectivity index (χ2n) is 6.54. The van der Waals surface area contributed by atoms with Crippen molar-refractivity contribution >= 4 is 22.0 Å². The first kappa shape index (κ1) is 20.7. The quantitative estimate of drug-likeness (QED) is 0.569. The Bertz CT molecular complexity index is 783. The number of nitrogens with one attached hydrogen (secondary N) is 2. The highest BCUT2D eigenvalue weighted by atomic mass is 32.2. The van der Waals surface area contributed by atoms with Gasteiger partial charge in [-0.15, -0.1) is 0 Å². The van der Waals surface area contributed by atoms with E-state index in [1.807, 2.05) is 4.72 Å². The number of amides is 3. The van der Waals surface area contributed by atoms with Gasteiger partial charge in [0.25, 0.3) is 10.0 Å². The predicted molar refractivity (Wildman–Crippen MR) is 98.4 cm³/mol. The summed E-state index contributed by atoms with van der Waals surface area (Å²) in [6.45, 7) is -0.359. The number of carbonyl (C=O) groups is 2. The summed E-state index contributed by atoms with van der Waals surface area (Å²) in [6.07, 6.45) is 6.65. The molecule has 1 aliphatic rings. The number of hydrogen-bond acceptors (Lipinski definition) is 5. The van der Waals surface area contributed by atoms with Gasteiger partial charge in [0, 0.05) is 6.42 Å². The number of benzene rings is 1. The maximum Gasteiger partial charge on any atom is 0.347 e. The summed E-state index contributed by atoms with van der Waals surface area (Å²) >= 11 is 0. The minimum atomic E-state index is -4.06. The van der Waals surface area contributed by atoms with Crippen molar-refractivity contribution in [1.29, 1.82) is 5.26 Å². The van der Waals surface area contributed by atoms with Gasteiger partial charge in [0.2, 0.25) is 5.91 Å². The Morgan fingerprint density at radius 2 is 1.81 bits per heavy atom. The minimum absolute atomic E-state index is 0.0735. The second kappa shape index (κ2) is 9.92. The Morgan fingerprint density at radius 1 is 1.15 bits per heavy atom. The zero-order valence-corrected chi connectivity index (χ0v) is 15.9. The summed E-state index contributed by atoms with van der Waals surface area (Å²) in [7, 11) is -4.06. The summed E-state index contributed by atoms with van der Waals surface area (Å²) < 4.78 is 26.1. The maximum atomic E-state index is 12.3. The third-order valence-corrected chi connectivity index (χ3v) is 5.89. The Labute approximate surface area is 159 Å². The first-order chi connectivity index (χ1) is 12.9.